The first-order valence-electron chi connectivity index (χ1n) is 9.70. The van der Waals surface area contributed by atoms with E-state index in [9.17, 15) is 25.0 Å². The summed E-state index contributed by atoms with van der Waals surface area (Å²) in [6.07, 6.45) is 0.0471. The van der Waals surface area contributed by atoms with Crippen molar-refractivity contribution in [2.24, 2.45) is 0 Å². The lowest BCUT2D eigenvalue weighted by molar-refractivity contribution is -0.384. The highest BCUT2D eigenvalue weighted by atomic mass is 32.2. The number of carbonyl (C=O) groups is 2. The third-order valence-corrected chi connectivity index (χ3v) is 5.89. The number of carbonyl (C=O) groups excluding carboxylic acids is 2. The number of amides is 2. The Morgan fingerprint density at radius 3 is 2.61 bits per heavy atom. The summed E-state index contributed by atoms with van der Waals surface area (Å²) in [4.78, 5) is 35.0. The molecule has 2 aromatic rings. The van der Waals surface area contributed by atoms with Gasteiger partial charge in [0.15, 0.2) is 11.5 Å². The van der Waals surface area contributed by atoms with E-state index in [1.165, 1.54) is 38.5 Å². The number of hydrogen-bond donors (Lipinski definition) is 2. The zero-order valence-corrected chi connectivity index (χ0v) is 18.6. The molecule has 0 saturated carbocycles. The number of anilines is 1. The molecule has 2 aromatic carbocycles. The van der Waals surface area contributed by atoms with Gasteiger partial charge >= 0.3 is 0 Å². The monoisotopic (exact) mass is 468 g/mol. The van der Waals surface area contributed by atoms with Crippen molar-refractivity contribution < 1.29 is 24.0 Å². The van der Waals surface area contributed by atoms with E-state index in [1.807, 2.05) is 0 Å². The van der Waals surface area contributed by atoms with E-state index in [1.54, 1.807) is 18.2 Å². The van der Waals surface area contributed by atoms with E-state index >= 15 is 0 Å². The smallest absolute Gasteiger partial charge is 0.269 e. The number of ether oxygens (including phenoxy) is 2. The summed E-state index contributed by atoms with van der Waals surface area (Å²) in [5, 5.41) is 26.2. The van der Waals surface area contributed by atoms with E-state index in [-0.39, 0.29) is 23.8 Å². The van der Waals surface area contributed by atoms with Gasteiger partial charge in [0.05, 0.1) is 41.6 Å². The molecule has 11 heteroatoms. The van der Waals surface area contributed by atoms with Crippen LogP contribution in [0.25, 0.3) is 0 Å². The third-order valence-electron chi connectivity index (χ3n) is 4.87. The molecule has 0 radical (unpaired) electrons. The lowest BCUT2D eigenvalue weighted by Gasteiger charge is -2.26. The van der Waals surface area contributed by atoms with Gasteiger partial charge in [0.25, 0.3) is 5.69 Å². The van der Waals surface area contributed by atoms with Crippen molar-refractivity contribution in [2.45, 2.75) is 12.3 Å². The van der Waals surface area contributed by atoms with E-state index in [0.717, 1.165) is 11.8 Å². The summed E-state index contributed by atoms with van der Waals surface area (Å²) in [5.74, 6) is -0.410. The molecule has 1 heterocycles. The predicted octanol–water partition coefficient (Wildman–Crippen LogP) is 3.32. The largest absolute Gasteiger partial charge is 0.493 e. The van der Waals surface area contributed by atoms with Crippen LogP contribution in [0.2, 0.25) is 0 Å². The third kappa shape index (κ3) is 5.42. The number of benzene rings is 2. The molecule has 0 saturated heterocycles. The highest BCUT2D eigenvalue weighted by Gasteiger charge is 2.32. The van der Waals surface area contributed by atoms with Crippen LogP contribution in [0, 0.1) is 21.4 Å². The Morgan fingerprint density at radius 2 is 2.00 bits per heavy atom. The topological polar surface area (TPSA) is 144 Å². The molecule has 2 N–H and O–H groups in total. The lowest BCUT2D eigenvalue weighted by Crippen LogP contribution is -2.31. The van der Waals surface area contributed by atoms with E-state index < -0.39 is 16.7 Å². The summed E-state index contributed by atoms with van der Waals surface area (Å²) in [7, 11) is 2.99. The Kier molecular flexibility index (Phi) is 7.53. The van der Waals surface area contributed by atoms with Crippen molar-refractivity contribution in [3.05, 3.63) is 68.7 Å². The van der Waals surface area contributed by atoms with Gasteiger partial charge in [-0.05, 0) is 18.2 Å². The van der Waals surface area contributed by atoms with Crippen LogP contribution in [0.5, 0.6) is 11.5 Å². The first-order chi connectivity index (χ1) is 15.9. The van der Waals surface area contributed by atoms with Crippen LogP contribution in [0.15, 0.2) is 53.1 Å². The van der Waals surface area contributed by atoms with Gasteiger partial charge in [-0.25, -0.2) is 0 Å². The zero-order valence-electron chi connectivity index (χ0n) is 17.8. The van der Waals surface area contributed by atoms with Gasteiger partial charge in [-0.2, -0.15) is 5.26 Å². The van der Waals surface area contributed by atoms with Crippen LogP contribution in [-0.4, -0.2) is 36.7 Å². The average Bonchev–Trinajstić information content (AvgIpc) is 2.82. The molecule has 170 valence electrons. The number of hydrogen-bond acceptors (Lipinski definition) is 8. The summed E-state index contributed by atoms with van der Waals surface area (Å²) >= 11 is 1.02. The molecule has 0 bridgehead atoms. The lowest BCUT2D eigenvalue weighted by atomic mass is 9.86. The first kappa shape index (κ1) is 23.6. The van der Waals surface area contributed by atoms with E-state index in [2.05, 4.69) is 16.7 Å². The van der Waals surface area contributed by atoms with Crippen LogP contribution in [-0.2, 0) is 9.59 Å². The summed E-state index contributed by atoms with van der Waals surface area (Å²) in [6.45, 7) is 0. The molecule has 33 heavy (non-hydrogen) atoms. The van der Waals surface area contributed by atoms with Gasteiger partial charge < -0.3 is 20.1 Å². The van der Waals surface area contributed by atoms with Gasteiger partial charge in [0, 0.05) is 35.7 Å². The van der Waals surface area contributed by atoms with E-state index in [0.29, 0.717) is 33.4 Å². The second kappa shape index (κ2) is 10.5. The number of nitrogens with zero attached hydrogens (tertiary/aromatic N) is 2. The average molecular weight is 468 g/mol. The van der Waals surface area contributed by atoms with Gasteiger partial charge in [0.1, 0.15) is 0 Å². The van der Waals surface area contributed by atoms with Crippen LogP contribution >= 0.6 is 11.8 Å². The predicted molar refractivity (Wildman–Crippen MR) is 122 cm³/mol. The fourth-order valence-corrected chi connectivity index (χ4v) is 4.26. The fraction of sp³-hybridized carbons (Fsp3) is 0.227. The maximum absolute atomic E-state index is 12.4. The second-order valence-electron chi connectivity index (χ2n) is 6.88. The van der Waals surface area contributed by atoms with Crippen molar-refractivity contribution in [2.75, 3.05) is 25.3 Å². The highest BCUT2D eigenvalue weighted by molar-refractivity contribution is 8.03. The molecule has 0 aromatic heterocycles. The minimum Gasteiger partial charge on any atom is -0.493 e. The van der Waals surface area contributed by atoms with Crippen LogP contribution < -0.4 is 20.1 Å². The van der Waals surface area contributed by atoms with E-state index in [4.69, 9.17) is 9.47 Å². The van der Waals surface area contributed by atoms with Crippen molar-refractivity contribution in [3.63, 3.8) is 0 Å². The number of methoxy groups -OCH3 is 2. The second-order valence-corrected chi connectivity index (χ2v) is 7.87. The Balaban J connectivity index is 1.79. The standard InChI is InChI=1S/C22H20N4O6S/c1-31-18-5-3-4-15(21(18)32-2)16-10-19(27)25-22(17(16)11-23)33-12-20(28)24-13-6-8-14(9-7-13)26(29)30/h3-9,16H,10,12H2,1-2H3,(H,24,28)(H,25,27)/t16-/m0/s1. The van der Waals surface area contributed by atoms with Gasteiger partial charge in [-0.3, -0.25) is 19.7 Å². The first-order valence-corrected chi connectivity index (χ1v) is 10.7. The number of nitro benzene ring substituents is 1. The quantitative estimate of drug-likeness (QED) is 0.443. The maximum atomic E-state index is 12.4. The summed E-state index contributed by atoms with van der Waals surface area (Å²) < 4.78 is 10.8. The molecule has 0 unspecified atom stereocenters. The molecule has 1 aliphatic heterocycles. The molecular weight excluding hydrogens is 448 g/mol. The summed E-state index contributed by atoms with van der Waals surface area (Å²) in [6, 6.07) is 12.8. The number of nitro groups is 1. The number of allylic oxidation sites excluding steroid dienone is 1. The minimum absolute atomic E-state index is 0.0471. The SMILES string of the molecule is COc1cccc([C@@H]2CC(=O)NC(SCC(=O)Nc3ccc([N+](=O)[O-])cc3)=C2C#N)c1OC. The number of thioether (sulfide) groups is 1. The fourth-order valence-electron chi connectivity index (χ4n) is 3.39. The van der Waals surface area contributed by atoms with Crippen LogP contribution in [0.4, 0.5) is 11.4 Å². The van der Waals surface area contributed by atoms with Crippen LogP contribution in [0.3, 0.4) is 0 Å². The molecule has 10 nitrogen and oxygen atoms in total. The summed E-state index contributed by atoms with van der Waals surface area (Å²) in [5.41, 5.74) is 1.26. The number of nitriles is 1. The van der Waals surface area contributed by atoms with Crippen LogP contribution in [0.1, 0.15) is 17.9 Å². The Morgan fingerprint density at radius 1 is 1.27 bits per heavy atom. The highest BCUT2D eigenvalue weighted by Crippen LogP contribution is 2.43. The minimum atomic E-state index is -0.561. The molecule has 1 aliphatic rings. The Labute approximate surface area is 193 Å². The van der Waals surface area contributed by atoms with Gasteiger partial charge in [0.2, 0.25) is 11.8 Å². The molecule has 3 rings (SSSR count). The molecule has 0 spiro atoms. The molecule has 2 amide bonds. The van der Waals surface area contributed by atoms with Gasteiger partial charge in [-0.15, -0.1) is 0 Å². The molecule has 0 fully saturated rings. The Hall–Kier alpha value is -4.04. The number of non-ortho nitro benzene ring substituents is 1. The number of nitrogens with one attached hydrogen (secondary N) is 2. The van der Waals surface area contributed by atoms with Crippen molar-refractivity contribution in [1.29, 1.82) is 5.26 Å². The van der Waals surface area contributed by atoms with Crippen molar-refractivity contribution >= 4 is 35.0 Å². The normalized spacial score (nSPS) is 15.3. The maximum Gasteiger partial charge on any atom is 0.269 e. The molecule has 0 aliphatic carbocycles. The molecule has 1 atom stereocenters. The Bertz CT molecular complexity index is 1160. The zero-order chi connectivity index (χ0) is 24.0. The number of para-hydroxylation sites is 1. The van der Waals surface area contributed by atoms with Crippen molar-refractivity contribution in [3.8, 4) is 17.6 Å². The van der Waals surface area contributed by atoms with Gasteiger partial charge in [-0.1, -0.05) is 23.9 Å². The van der Waals surface area contributed by atoms with Crippen molar-refractivity contribution in [1.82, 2.24) is 5.32 Å². The molecular formula is C22H20N4O6S. The number of rotatable bonds is 8.